The first-order chi connectivity index (χ1) is 10.6. The molecule has 0 aliphatic heterocycles. The normalized spacial score (nSPS) is 10.1. The van der Waals surface area contributed by atoms with Crippen molar-refractivity contribution < 1.29 is 9.59 Å². The van der Waals surface area contributed by atoms with Gasteiger partial charge in [0.1, 0.15) is 0 Å². The maximum absolute atomic E-state index is 11.9. The molecule has 0 spiro atoms. The molecule has 0 radical (unpaired) electrons. The summed E-state index contributed by atoms with van der Waals surface area (Å²) in [5.74, 6) is -0.572. The average Bonchev–Trinajstić information content (AvgIpc) is 2.52. The molecule has 0 saturated carbocycles. The molecule has 6 heteroatoms. The summed E-state index contributed by atoms with van der Waals surface area (Å²) in [5, 5.41) is 5.88. The van der Waals surface area contributed by atoms with Crippen LogP contribution in [0.2, 0.25) is 5.02 Å². The lowest BCUT2D eigenvalue weighted by atomic mass is 10.2. The highest BCUT2D eigenvalue weighted by Crippen LogP contribution is 2.14. The fraction of sp³-hybridized carbons (Fsp3) is 0.125. The van der Waals surface area contributed by atoms with Gasteiger partial charge in [-0.2, -0.15) is 0 Å². The van der Waals surface area contributed by atoms with E-state index in [1.165, 1.54) is 0 Å². The van der Waals surface area contributed by atoms with Crippen LogP contribution in [0, 0.1) is 0 Å². The van der Waals surface area contributed by atoms with E-state index in [9.17, 15) is 9.59 Å². The Labute approximate surface area is 142 Å². The van der Waals surface area contributed by atoms with Gasteiger partial charge in [-0.05, 0) is 29.8 Å². The van der Waals surface area contributed by atoms with Crippen molar-refractivity contribution in [3.63, 3.8) is 0 Å². The van der Waals surface area contributed by atoms with Gasteiger partial charge in [-0.15, -0.1) is 0 Å². The fourth-order valence-corrected chi connectivity index (χ4v) is 2.39. The van der Waals surface area contributed by atoms with Crippen LogP contribution >= 0.6 is 27.5 Å². The van der Waals surface area contributed by atoms with Gasteiger partial charge >= 0.3 is 0 Å². The number of carbonyl (C=O) groups excluding carboxylic acids is 2. The van der Waals surface area contributed by atoms with E-state index in [1.807, 2.05) is 24.3 Å². The van der Waals surface area contributed by atoms with E-state index in [4.69, 9.17) is 11.6 Å². The Bertz CT molecular complexity index is 691. The first-order valence-electron chi connectivity index (χ1n) is 6.60. The van der Waals surface area contributed by atoms with Crippen LogP contribution in [0.3, 0.4) is 0 Å². The number of hydrogen-bond donors (Lipinski definition) is 2. The molecule has 2 amide bonds. The molecule has 2 aromatic rings. The van der Waals surface area contributed by atoms with Crippen LogP contribution in [-0.4, -0.2) is 18.4 Å². The highest BCUT2D eigenvalue weighted by molar-refractivity contribution is 9.10. The summed E-state index contributed by atoms with van der Waals surface area (Å²) in [4.78, 5) is 23.6. The predicted octanol–water partition coefficient (Wildman–Crippen LogP) is 3.15. The molecular formula is C16H14BrClN2O2. The van der Waals surface area contributed by atoms with Gasteiger partial charge in [-0.25, -0.2) is 0 Å². The molecule has 4 nitrogen and oxygen atoms in total. The zero-order valence-corrected chi connectivity index (χ0v) is 13.9. The summed E-state index contributed by atoms with van der Waals surface area (Å²) in [5.41, 5.74) is 1.32. The molecule has 0 aliphatic carbocycles. The maximum Gasteiger partial charge on any atom is 0.251 e. The van der Waals surface area contributed by atoms with Crippen LogP contribution in [0.15, 0.2) is 53.0 Å². The standard InChI is InChI=1S/C16H14BrClN2O2/c17-13-6-3-5-11(8-13)16(22)20-10-15(21)19-9-12-4-1-2-7-14(12)18/h1-8H,9-10H2,(H,19,21)(H,20,22). The first-order valence-corrected chi connectivity index (χ1v) is 7.77. The van der Waals surface area contributed by atoms with E-state index < -0.39 is 0 Å². The minimum atomic E-state index is -0.297. The van der Waals surface area contributed by atoms with Gasteiger partial charge in [0.25, 0.3) is 5.91 Å². The average molecular weight is 382 g/mol. The van der Waals surface area contributed by atoms with Crippen LogP contribution in [0.1, 0.15) is 15.9 Å². The van der Waals surface area contributed by atoms with Crippen LogP contribution in [0.5, 0.6) is 0 Å². The summed E-state index contributed by atoms with van der Waals surface area (Å²) in [6, 6.07) is 14.2. The number of amides is 2. The molecule has 0 heterocycles. The summed E-state index contributed by atoms with van der Waals surface area (Å²) < 4.78 is 0.809. The molecule has 0 saturated heterocycles. The molecule has 0 aromatic heterocycles. The van der Waals surface area contributed by atoms with Gasteiger partial charge in [0, 0.05) is 21.6 Å². The molecule has 0 aliphatic rings. The number of hydrogen-bond acceptors (Lipinski definition) is 2. The molecule has 2 rings (SSSR count). The molecule has 0 bridgehead atoms. The Hall–Kier alpha value is -1.85. The van der Waals surface area contributed by atoms with Gasteiger partial charge in [0.05, 0.1) is 6.54 Å². The maximum atomic E-state index is 11.9. The number of halogens is 2. The van der Waals surface area contributed by atoms with Crippen molar-refractivity contribution in [3.05, 3.63) is 69.2 Å². The third-order valence-corrected chi connectivity index (χ3v) is 3.79. The molecule has 114 valence electrons. The van der Waals surface area contributed by atoms with Crippen molar-refractivity contribution in [1.29, 1.82) is 0 Å². The predicted molar refractivity (Wildman–Crippen MR) is 89.8 cm³/mol. The van der Waals surface area contributed by atoms with Gasteiger partial charge in [-0.1, -0.05) is 51.8 Å². The number of nitrogens with one attached hydrogen (secondary N) is 2. The highest BCUT2D eigenvalue weighted by atomic mass is 79.9. The van der Waals surface area contributed by atoms with E-state index in [0.717, 1.165) is 10.0 Å². The molecule has 0 unspecified atom stereocenters. The molecular weight excluding hydrogens is 368 g/mol. The smallest absolute Gasteiger partial charge is 0.251 e. The van der Waals surface area contributed by atoms with Crippen molar-refractivity contribution in [2.45, 2.75) is 6.54 Å². The number of carbonyl (C=O) groups is 2. The Kier molecular flexibility index (Phi) is 5.98. The second-order valence-corrected chi connectivity index (χ2v) is 5.88. The van der Waals surface area contributed by atoms with Crippen molar-refractivity contribution >= 4 is 39.3 Å². The lowest BCUT2D eigenvalue weighted by molar-refractivity contribution is -0.120. The zero-order valence-electron chi connectivity index (χ0n) is 11.6. The second-order valence-electron chi connectivity index (χ2n) is 4.56. The molecule has 22 heavy (non-hydrogen) atoms. The van der Waals surface area contributed by atoms with Crippen molar-refractivity contribution in [3.8, 4) is 0 Å². The van der Waals surface area contributed by atoms with E-state index in [0.29, 0.717) is 17.1 Å². The summed E-state index contributed by atoms with van der Waals surface area (Å²) in [7, 11) is 0. The Morgan fingerprint density at radius 1 is 1.05 bits per heavy atom. The summed E-state index contributed by atoms with van der Waals surface area (Å²) in [6.07, 6.45) is 0. The Balaban J connectivity index is 1.81. The third kappa shape index (κ3) is 4.86. The van der Waals surface area contributed by atoms with Crippen molar-refractivity contribution in [2.75, 3.05) is 6.54 Å². The quantitative estimate of drug-likeness (QED) is 0.836. The third-order valence-electron chi connectivity index (χ3n) is 2.93. The molecule has 2 N–H and O–H groups in total. The topological polar surface area (TPSA) is 58.2 Å². The lowest BCUT2D eigenvalue weighted by Gasteiger charge is -2.08. The highest BCUT2D eigenvalue weighted by Gasteiger charge is 2.08. The van der Waals surface area contributed by atoms with Crippen molar-refractivity contribution in [1.82, 2.24) is 10.6 Å². The largest absolute Gasteiger partial charge is 0.350 e. The van der Waals surface area contributed by atoms with Crippen LogP contribution in [-0.2, 0) is 11.3 Å². The second kappa shape index (κ2) is 7.96. The lowest BCUT2D eigenvalue weighted by Crippen LogP contribution is -2.36. The van der Waals surface area contributed by atoms with Crippen LogP contribution < -0.4 is 10.6 Å². The fourth-order valence-electron chi connectivity index (χ4n) is 1.79. The Morgan fingerprint density at radius 2 is 1.82 bits per heavy atom. The van der Waals surface area contributed by atoms with E-state index >= 15 is 0 Å². The van der Waals surface area contributed by atoms with Gasteiger partial charge in [0.2, 0.25) is 5.91 Å². The van der Waals surface area contributed by atoms with Gasteiger partial charge in [0.15, 0.2) is 0 Å². The molecule has 0 atom stereocenters. The molecule has 0 fully saturated rings. The van der Waals surface area contributed by atoms with Crippen LogP contribution in [0.4, 0.5) is 0 Å². The zero-order chi connectivity index (χ0) is 15.9. The van der Waals surface area contributed by atoms with E-state index in [2.05, 4.69) is 26.6 Å². The Morgan fingerprint density at radius 3 is 2.55 bits per heavy atom. The van der Waals surface area contributed by atoms with E-state index in [-0.39, 0.29) is 18.4 Å². The monoisotopic (exact) mass is 380 g/mol. The SMILES string of the molecule is O=C(CNC(=O)c1cccc(Br)c1)NCc1ccccc1Cl. The van der Waals surface area contributed by atoms with Gasteiger partial charge < -0.3 is 10.6 Å². The van der Waals surface area contributed by atoms with E-state index in [1.54, 1.807) is 24.3 Å². The van der Waals surface area contributed by atoms with Gasteiger partial charge in [-0.3, -0.25) is 9.59 Å². The summed E-state index contributed by atoms with van der Waals surface area (Å²) >= 11 is 9.30. The minimum Gasteiger partial charge on any atom is -0.350 e. The number of rotatable bonds is 5. The summed E-state index contributed by atoms with van der Waals surface area (Å²) in [6.45, 7) is 0.237. The number of benzene rings is 2. The minimum absolute atomic E-state index is 0.0875. The molecule has 2 aromatic carbocycles. The van der Waals surface area contributed by atoms with Crippen LogP contribution in [0.25, 0.3) is 0 Å². The first kappa shape index (κ1) is 16.5. The van der Waals surface area contributed by atoms with Crippen molar-refractivity contribution in [2.24, 2.45) is 0 Å².